The lowest BCUT2D eigenvalue weighted by atomic mass is 10.2. The first-order valence-electron chi connectivity index (χ1n) is 7.37. The van der Waals surface area contributed by atoms with Crippen molar-refractivity contribution in [1.29, 1.82) is 0 Å². The second-order valence-corrected chi connectivity index (χ2v) is 6.10. The summed E-state index contributed by atoms with van der Waals surface area (Å²) in [6.45, 7) is 1.83. The number of carbonyl (C=O) groups is 1. The summed E-state index contributed by atoms with van der Waals surface area (Å²) >= 11 is 1.33. The van der Waals surface area contributed by atoms with Crippen molar-refractivity contribution in [2.45, 2.75) is 6.92 Å². The highest BCUT2D eigenvalue weighted by molar-refractivity contribution is 7.20. The Balaban J connectivity index is 1.85. The molecule has 0 aliphatic rings. The van der Waals surface area contributed by atoms with Crippen LogP contribution in [0.25, 0.3) is 4.96 Å². The Labute approximate surface area is 142 Å². The average Bonchev–Trinajstić information content (AvgIpc) is 3.19. The van der Waals surface area contributed by atoms with Gasteiger partial charge >= 0.3 is 0 Å². The number of benzene rings is 2. The Morgan fingerprint density at radius 1 is 1.00 bits per heavy atom. The second kappa shape index (κ2) is 5.86. The van der Waals surface area contributed by atoms with Crippen molar-refractivity contribution < 1.29 is 4.79 Å². The Bertz CT molecular complexity index is 994. The number of nitrogens with zero attached hydrogens (tertiary/aromatic N) is 5. The van der Waals surface area contributed by atoms with E-state index in [2.05, 4.69) is 15.3 Å². The van der Waals surface area contributed by atoms with E-state index in [9.17, 15) is 4.79 Å². The van der Waals surface area contributed by atoms with Gasteiger partial charge in [0.25, 0.3) is 5.91 Å². The summed E-state index contributed by atoms with van der Waals surface area (Å²) in [7, 11) is 0. The van der Waals surface area contributed by atoms with Crippen LogP contribution < -0.4 is 4.90 Å². The first kappa shape index (κ1) is 14.5. The summed E-state index contributed by atoms with van der Waals surface area (Å²) in [5.74, 6) is 0.553. The van der Waals surface area contributed by atoms with Crippen molar-refractivity contribution in [3.8, 4) is 0 Å². The SMILES string of the molecule is Cc1nnc2sc(N(C(=O)c3ccccc3)c3ccccc3)nn12. The molecular formula is C17H13N5OS. The minimum atomic E-state index is -0.135. The van der Waals surface area contributed by atoms with Crippen LogP contribution in [0.2, 0.25) is 0 Å². The third-order valence-electron chi connectivity index (χ3n) is 3.57. The van der Waals surface area contributed by atoms with Crippen molar-refractivity contribution in [1.82, 2.24) is 19.8 Å². The van der Waals surface area contributed by atoms with Gasteiger partial charge in [0.05, 0.1) is 5.69 Å². The number of amides is 1. The molecule has 6 nitrogen and oxygen atoms in total. The monoisotopic (exact) mass is 335 g/mol. The number of rotatable bonds is 3. The van der Waals surface area contributed by atoms with Crippen molar-refractivity contribution in [3.05, 3.63) is 72.1 Å². The standard InChI is InChI=1S/C17H13N5OS/c1-12-18-19-16-22(12)20-17(24-16)21(14-10-6-3-7-11-14)15(23)13-8-4-2-5-9-13/h2-11H,1H3. The molecule has 0 radical (unpaired) electrons. The summed E-state index contributed by atoms with van der Waals surface area (Å²) < 4.78 is 1.65. The molecule has 2 aromatic carbocycles. The average molecular weight is 335 g/mol. The Hall–Kier alpha value is -3.06. The number of hydrogen-bond donors (Lipinski definition) is 0. The van der Waals surface area contributed by atoms with E-state index >= 15 is 0 Å². The molecule has 1 amide bonds. The molecule has 0 saturated heterocycles. The molecule has 0 atom stereocenters. The summed E-state index contributed by atoms with van der Waals surface area (Å²) in [5.41, 5.74) is 1.36. The zero-order valence-corrected chi connectivity index (χ0v) is 13.6. The molecule has 0 bridgehead atoms. The maximum absolute atomic E-state index is 13.1. The lowest BCUT2D eigenvalue weighted by molar-refractivity contribution is 0.0999. The van der Waals surface area contributed by atoms with Gasteiger partial charge in [-0.25, -0.2) is 0 Å². The van der Waals surface area contributed by atoms with Gasteiger partial charge in [-0.3, -0.25) is 9.69 Å². The van der Waals surface area contributed by atoms with Gasteiger partial charge in [0.15, 0.2) is 5.82 Å². The van der Waals surface area contributed by atoms with Crippen LogP contribution >= 0.6 is 11.3 Å². The van der Waals surface area contributed by atoms with Crippen LogP contribution in [0.5, 0.6) is 0 Å². The number of carbonyl (C=O) groups excluding carboxylic acids is 1. The topological polar surface area (TPSA) is 63.4 Å². The van der Waals surface area contributed by atoms with Gasteiger partial charge in [-0.2, -0.15) is 4.52 Å². The molecule has 0 fully saturated rings. The van der Waals surface area contributed by atoms with Crippen LogP contribution in [0, 0.1) is 6.92 Å². The first-order valence-corrected chi connectivity index (χ1v) is 8.19. The van der Waals surface area contributed by atoms with E-state index in [0.29, 0.717) is 21.5 Å². The van der Waals surface area contributed by atoms with Crippen LogP contribution in [-0.2, 0) is 0 Å². The maximum Gasteiger partial charge on any atom is 0.264 e. The molecule has 0 aliphatic heterocycles. The Kier molecular flexibility index (Phi) is 3.55. The smallest absolute Gasteiger partial charge is 0.264 e. The van der Waals surface area contributed by atoms with Crippen molar-refractivity contribution in [2.24, 2.45) is 0 Å². The number of hydrogen-bond acceptors (Lipinski definition) is 5. The van der Waals surface area contributed by atoms with Crippen LogP contribution in [0.15, 0.2) is 60.7 Å². The van der Waals surface area contributed by atoms with Gasteiger partial charge in [0.1, 0.15) is 0 Å². The van der Waals surface area contributed by atoms with Crippen LogP contribution in [0.1, 0.15) is 16.2 Å². The van der Waals surface area contributed by atoms with Crippen molar-refractivity contribution >= 4 is 33.0 Å². The Morgan fingerprint density at radius 3 is 2.33 bits per heavy atom. The predicted octanol–water partition coefficient (Wildman–Crippen LogP) is 3.47. The number of aromatic nitrogens is 4. The third kappa shape index (κ3) is 2.44. The van der Waals surface area contributed by atoms with Crippen LogP contribution in [0.4, 0.5) is 10.8 Å². The lowest BCUT2D eigenvalue weighted by Gasteiger charge is -2.19. The summed E-state index contributed by atoms with van der Waals surface area (Å²) in [5, 5.41) is 13.1. The van der Waals surface area contributed by atoms with Crippen LogP contribution in [0.3, 0.4) is 0 Å². The largest absolute Gasteiger partial charge is 0.268 e. The molecule has 4 rings (SSSR count). The van der Waals surface area contributed by atoms with Gasteiger partial charge < -0.3 is 0 Å². The molecule has 0 N–H and O–H groups in total. The number of aryl methyl sites for hydroxylation is 1. The van der Waals surface area contributed by atoms with E-state index < -0.39 is 0 Å². The van der Waals surface area contributed by atoms with E-state index in [-0.39, 0.29) is 5.91 Å². The second-order valence-electron chi connectivity index (χ2n) is 5.17. The van der Waals surface area contributed by atoms with E-state index in [1.165, 1.54) is 11.3 Å². The normalized spacial score (nSPS) is 10.9. The molecule has 0 saturated carbocycles. The number of fused-ring (bicyclic) bond motifs is 1. The van der Waals surface area contributed by atoms with Crippen molar-refractivity contribution in [2.75, 3.05) is 4.90 Å². The highest BCUT2D eigenvalue weighted by Crippen LogP contribution is 2.31. The highest BCUT2D eigenvalue weighted by atomic mass is 32.1. The van der Waals surface area contributed by atoms with Crippen LogP contribution in [-0.4, -0.2) is 25.7 Å². The molecule has 0 unspecified atom stereocenters. The number of anilines is 2. The van der Waals surface area contributed by atoms with Gasteiger partial charge in [0.2, 0.25) is 10.1 Å². The summed E-state index contributed by atoms with van der Waals surface area (Å²) in [4.78, 5) is 15.3. The number of para-hydroxylation sites is 1. The molecule has 7 heteroatoms. The quantitative estimate of drug-likeness (QED) is 0.575. The van der Waals surface area contributed by atoms with Gasteiger partial charge in [-0.15, -0.1) is 15.3 Å². The fraction of sp³-hybridized carbons (Fsp3) is 0.0588. The van der Waals surface area contributed by atoms with Crippen molar-refractivity contribution in [3.63, 3.8) is 0 Å². The Morgan fingerprint density at radius 2 is 1.67 bits per heavy atom. The van der Waals surface area contributed by atoms with Gasteiger partial charge in [0, 0.05) is 5.56 Å². The minimum Gasteiger partial charge on any atom is -0.268 e. The van der Waals surface area contributed by atoms with E-state index in [1.54, 1.807) is 21.5 Å². The fourth-order valence-corrected chi connectivity index (χ4v) is 3.30. The molecule has 2 heterocycles. The molecule has 0 spiro atoms. The molecule has 24 heavy (non-hydrogen) atoms. The fourth-order valence-electron chi connectivity index (χ4n) is 2.40. The predicted molar refractivity (Wildman–Crippen MR) is 92.7 cm³/mol. The molecule has 2 aromatic heterocycles. The molecule has 4 aromatic rings. The van der Waals surface area contributed by atoms with Gasteiger partial charge in [-0.1, -0.05) is 47.7 Å². The third-order valence-corrected chi connectivity index (χ3v) is 4.45. The maximum atomic E-state index is 13.1. The first-order chi connectivity index (χ1) is 11.7. The molecular weight excluding hydrogens is 322 g/mol. The zero-order chi connectivity index (χ0) is 16.5. The lowest BCUT2D eigenvalue weighted by Crippen LogP contribution is -2.26. The minimum absolute atomic E-state index is 0.135. The van der Waals surface area contributed by atoms with E-state index in [0.717, 1.165) is 5.69 Å². The van der Waals surface area contributed by atoms with Gasteiger partial charge in [-0.05, 0) is 31.2 Å². The summed E-state index contributed by atoms with van der Waals surface area (Å²) in [6, 6.07) is 18.6. The zero-order valence-electron chi connectivity index (χ0n) is 12.8. The van der Waals surface area contributed by atoms with E-state index in [1.807, 2.05) is 55.5 Å². The van der Waals surface area contributed by atoms with E-state index in [4.69, 9.17) is 0 Å². The molecule has 0 aliphatic carbocycles. The molecule has 118 valence electrons. The summed E-state index contributed by atoms with van der Waals surface area (Å²) in [6.07, 6.45) is 0. The highest BCUT2D eigenvalue weighted by Gasteiger charge is 2.24.